The molecule has 1 aliphatic heterocycles. The molecule has 0 saturated carbocycles. The summed E-state index contributed by atoms with van der Waals surface area (Å²) < 4.78 is 0. The van der Waals surface area contributed by atoms with Crippen molar-refractivity contribution in [3.63, 3.8) is 0 Å². The highest BCUT2D eigenvalue weighted by molar-refractivity contribution is 5.84. The topological polar surface area (TPSA) is 58.4 Å². The molecule has 0 spiro atoms. The number of primary amides is 1. The average Bonchev–Trinajstić information content (AvgIpc) is 2.34. The molecule has 2 atom stereocenters. The highest BCUT2D eigenvalue weighted by Crippen LogP contribution is 2.18. The molecule has 0 aromatic rings. The summed E-state index contributed by atoms with van der Waals surface area (Å²) in [5.41, 5.74) is 4.98. The minimum absolute atomic E-state index is 0.235. The van der Waals surface area contributed by atoms with Crippen LogP contribution in [0.3, 0.4) is 0 Å². The maximum Gasteiger partial charge on any atom is 0.237 e. The Morgan fingerprint density at radius 3 is 2.83 bits per heavy atom. The van der Waals surface area contributed by atoms with Gasteiger partial charge in [0.1, 0.15) is 0 Å². The zero-order valence-corrected chi connectivity index (χ0v) is 12.2. The summed E-state index contributed by atoms with van der Waals surface area (Å²) in [5, 5.41) is 3.29. The lowest BCUT2D eigenvalue weighted by molar-refractivity contribution is -0.124. The van der Waals surface area contributed by atoms with Gasteiger partial charge in [-0.2, -0.15) is 0 Å². The normalized spacial score (nSPS) is 24.7. The Morgan fingerprint density at radius 2 is 2.28 bits per heavy atom. The largest absolute Gasteiger partial charge is 0.368 e. The van der Waals surface area contributed by atoms with Gasteiger partial charge in [-0.1, -0.05) is 13.8 Å². The van der Waals surface area contributed by atoms with Gasteiger partial charge in [0.25, 0.3) is 0 Å². The maximum atomic E-state index is 11.6. The molecule has 18 heavy (non-hydrogen) atoms. The lowest BCUT2D eigenvalue weighted by Crippen LogP contribution is -2.55. The Kier molecular flexibility index (Phi) is 6.09. The molecule has 106 valence electrons. The van der Waals surface area contributed by atoms with Crippen LogP contribution in [0.2, 0.25) is 0 Å². The SMILES string of the molecule is CCCNC(C)(CCN1CCCC(C)C1)C(N)=O. The monoisotopic (exact) mass is 255 g/mol. The van der Waals surface area contributed by atoms with Crippen LogP contribution in [0.5, 0.6) is 0 Å². The summed E-state index contributed by atoms with van der Waals surface area (Å²) in [6.45, 7) is 10.4. The molecule has 0 aromatic carbocycles. The van der Waals surface area contributed by atoms with Crippen LogP contribution in [-0.2, 0) is 4.79 Å². The zero-order valence-electron chi connectivity index (χ0n) is 12.2. The van der Waals surface area contributed by atoms with Gasteiger partial charge in [-0.3, -0.25) is 4.79 Å². The van der Waals surface area contributed by atoms with Gasteiger partial charge < -0.3 is 16.0 Å². The van der Waals surface area contributed by atoms with Crippen LogP contribution in [-0.4, -0.2) is 42.5 Å². The first kappa shape index (κ1) is 15.4. The van der Waals surface area contributed by atoms with Crippen molar-refractivity contribution in [1.29, 1.82) is 0 Å². The highest BCUT2D eigenvalue weighted by Gasteiger charge is 2.30. The predicted octanol–water partition coefficient (Wildman–Crippen LogP) is 1.35. The molecule has 1 amide bonds. The third-order valence-corrected chi connectivity index (χ3v) is 3.98. The molecule has 2 unspecified atom stereocenters. The van der Waals surface area contributed by atoms with E-state index in [4.69, 9.17) is 5.73 Å². The van der Waals surface area contributed by atoms with Crippen molar-refractivity contribution in [3.8, 4) is 0 Å². The van der Waals surface area contributed by atoms with Gasteiger partial charge in [-0.25, -0.2) is 0 Å². The van der Waals surface area contributed by atoms with E-state index in [0.29, 0.717) is 0 Å². The van der Waals surface area contributed by atoms with E-state index in [9.17, 15) is 4.79 Å². The number of nitrogens with zero attached hydrogens (tertiary/aromatic N) is 1. The molecule has 1 aliphatic rings. The zero-order chi connectivity index (χ0) is 13.6. The molecule has 4 nitrogen and oxygen atoms in total. The van der Waals surface area contributed by atoms with Crippen molar-refractivity contribution in [2.45, 2.75) is 52.0 Å². The Bertz CT molecular complexity index is 270. The van der Waals surface area contributed by atoms with Gasteiger partial charge in [-0.05, 0) is 51.6 Å². The standard InChI is InChI=1S/C14H29N3O/c1-4-8-16-14(3,13(15)18)7-10-17-9-5-6-12(2)11-17/h12,16H,4-11H2,1-3H3,(H2,15,18). The van der Waals surface area contributed by atoms with Crippen molar-refractivity contribution in [2.75, 3.05) is 26.2 Å². The maximum absolute atomic E-state index is 11.6. The number of hydrogen-bond donors (Lipinski definition) is 2. The molecule has 1 saturated heterocycles. The number of likely N-dealkylation sites (tertiary alicyclic amines) is 1. The second-order valence-electron chi connectivity index (χ2n) is 5.92. The fourth-order valence-corrected chi connectivity index (χ4v) is 2.57. The summed E-state index contributed by atoms with van der Waals surface area (Å²) in [6.07, 6.45) is 4.42. The first-order valence-electron chi connectivity index (χ1n) is 7.25. The number of amides is 1. The molecule has 1 heterocycles. The smallest absolute Gasteiger partial charge is 0.237 e. The van der Waals surface area contributed by atoms with E-state index in [-0.39, 0.29) is 5.91 Å². The molecular weight excluding hydrogens is 226 g/mol. The summed E-state index contributed by atoms with van der Waals surface area (Å²) in [5.74, 6) is 0.545. The summed E-state index contributed by atoms with van der Waals surface area (Å²) in [7, 11) is 0. The van der Waals surface area contributed by atoms with Crippen molar-refractivity contribution in [3.05, 3.63) is 0 Å². The number of nitrogens with two attached hydrogens (primary N) is 1. The lowest BCUT2D eigenvalue weighted by Gasteiger charge is -2.34. The Labute approximate surface area is 111 Å². The van der Waals surface area contributed by atoms with Crippen molar-refractivity contribution < 1.29 is 4.79 Å². The van der Waals surface area contributed by atoms with Crippen molar-refractivity contribution >= 4 is 5.91 Å². The fraction of sp³-hybridized carbons (Fsp3) is 0.929. The second kappa shape index (κ2) is 7.10. The van der Waals surface area contributed by atoms with Crippen LogP contribution in [0.25, 0.3) is 0 Å². The number of carbonyl (C=O) groups excluding carboxylic acids is 1. The third-order valence-electron chi connectivity index (χ3n) is 3.98. The molecule has 0 aromatic heterocycles. The van der Waals surface area contributed by atoms with Gasteiger partial charge in [0.15, 0.2) is 0 Å². The van der Waals surface area contributed by atoms with Crippen LogP contribution in [0, 0.1) is 5.92 Å². The first-order valence-corrected chi connectivity index (χ1v) is 7.25. The Balaban J connectivity index is 2.43. The molecule has 3 N–H and O–H groups in total. The van der Waals surface area contributed by atoms with E-state index in [1.54, 1.807) is 0 Å². The van der Waals surface area contributed by atoms with Gasteiger partial charge in [-0.15, -0.1) is 0 Å². The van der Waals surface area contributed by atoms with E-state index in [0.717, 1.165) is 44.9 Å². The quantitative estimate of drug-likeness (QED) is 0.722. The lowest BCUT2D eigenvalue weighted by atomic mass is 9.94. The number of piperidine rings is 1. The van der Waals surface area contributed by atoms with Gasteiger partial charge in [0.2, 0.25) is 5.91 Å². The first-order chi connectivity index (χ1) is 8.48. The van der Waals surface area contributed by atoms with E-state index >= 15 is 0 Å². The van der Waals surface area contributed by atoms with E-state index in [2.05, 4.69) is 24.1 Å². The number of nitrogens with one attached hydrogen (secondary N) is 1. The number of rotatable bonds is 7. The summed E-state index contributed by atoms with van der Waals surface area (Å²) in [4.78, 5) is 14.1. The minimum atomic E-state index is -0.559. The van der Waals surface area contributed by atoms with Crippen LogP contribution < -0.4 is 11.1 Å². The predicted molar refractivity (Wildman–Crippen MR) is 75.3 cm³/mol. The van der Waals surface area contributed by atoms with E-state index < -0.39 is 5.54 Å². The Morgan fingerprint density at radius 1 is 1.56 bits per heavy atom. The molecule has 1 rings (SSSR count). The van der Waals surface area contributed by atoms with Crippen LogP contribution in [0.4, 0.5) is 0 Å². The van der Waals surface area contributed by atoms with Crippen LogP contribution in [0.15, 0.2) is 0 Å². The molecule has 0 radical (unpaired) electrons. The average molecular weight is 255 g/mol. The van der Waals surface area contributed by atoms with E-state index in [1.165, 1.54) is 12.8 Å². The molecule has 0 bridgehead atoms. The van der Waals surface area contributed by atoms with Crippen molar-refractivity contribution in [1.82, 2.24) is 10.2 Å². The second-order valence-corrected chi connectivity index (χ2v) is 5.92. The third kappa shape index (κ3) is 4.58. The highest BCUT2D eigenvalue weighted by atomic mass is 16.1. The number of hydrogen-bond acceptors (Lipinski definition) is 3. The minimum Gasteiger partial charge on any atom is -0.368 e. The van der Waals surface area contributed by atoms with Crippen LogP contribution >= 0.6 is 0 Å². The van der Waals surface area contributed by atoms with Crippen molar-refractivity contribution in [2.24, 2.45) is 11.7 Å². The van der Waals surface area contributed by atoms with Crippen LogP contribution in [0.1, 0.15) is 46.5 Å². The fourth-order valence-electron chi connectivity index (χ4n) is 2.57. The molecule has 4 heteroatoms. The van der Waals surface area contributed by atoms with Gasteiger partial charge in [0, 0.05) is 13.1 Å². The number of carbonyl (C=O) groups is 1. The summed E-state index contributed by atoms with van der Waals surface area (Å²) in [6, 6.07) is 0. The van der Waals surface area contributed by atoms with E-state index in [1.807, 2.05) is 6.92 Å². The molecule has 1 fully saturated rings. The molecule has 0 aliphatic carbocycles. The molecular formula is C14H29N3O. The Hall–Kier alpha value is -0.610. The van der Waals surface area contributed by atoms with Gasteiger partial charge in [0.05, 0.1) is 5.54 Å². The van der Waals surface area contributed by atoms with Gasteiger partial charge >= 0.3 is 0 Å². The summed E-state index contributed by atoms with van der Waals surface area (Å²) >= 11 is 0.